The molecule has 2 aromatic heterocycles. The van der Waals surface area contributed by atoms with Gasteiger partial charge < -0.3 is 10.6 Å². The van der Waals surface area contributed by atoms with E-state index in [0.717, 1.165) is 18.6 Å². The first-order valence-corrected chi connectivity index (χ1v) is 9.09. The molecule has 2 heterocycles. The Hall–Kier alpha value is -3.63. The van der Waals surface area contributed by atoms with E-state index in [2.05, 4.69) is 20.8 Å². The van der Waals surface area contributed by atoms with Gasteiger partial charge in [0.15, 0.2) is 5.69 Å². The third-order valence-electron chi connectivity index (χ3n) is 4.03. The lowest BCUT2D eigenvalue weighted by Gasteiger charge is -2.08. The SMILES string of the molecule is CCCC(=O)Nc1cnn(Cn2ccc(C(=O)Nc3ccc(C(F)(F)F)cc3)n2)c1. The van der Waals surface area contributed by atoms with Crippen molar-refractivity contribution in [2.45, 2.75) is 32.6 Å². The molecule has 0 saturated heterocycles. The first kappa shape index (κ1) is 21.1. The van der Waals surface area contributed by atoms with E-state index >= 15 is 0 Å². The van der Waals surface area contributed by atoms with Crippen LogP contribution in [-0.2, 0) is 17.6 Å². The summed E-state index contributed by atoms with van der Waals surface area (Å²) in [6.07, 6.45) is 1.43. The van der Waals surface area contributed by atoms with Gasteiger partial charge in [-0.05, 0) is 36.8 Å². The van der Waals surface area contributed by atoms with Crippen LogP contribution in [0.1, 0.15) is 35.8 Å². The second kappa shape index (κ2) is 8.80. The molecule has 0 unspecified atom stereocenters. The van der Waals surface area contributed by atoms with Gasteiger partial charge in [0, 0.05) is 18.3 Å². The Labute approximate surface area is 169 Å². The van der Waals surface area contributed by atoms with Crippen LogP contribution in [0.25, 0.3) is 0 Å². The second-order valence-corrected chi connectivity index (χ2v) is 6.48. The fraction of sp³-hybridized carbons (Fsp3) is 0.263. The number of carbonyl (C=O) groups excluding carboxylic acids is 2. The van der Waals surface area contributed by atoms with Crippen LogP contribution in [0.4, 0.5) is 24.5 Å². The Balaban J connectivity index is 1.59. The van der Waals surface area contributed by atoms with Crippen molar-refractivity contribution in [1.29, 1.82) is 0 Å². The van der Waals surface area contributed by atoms with E-state index in [9.17, 15) is 22.8 Å². The summed E-state index contributed by atoms with van der Waals surface area (Å²) in [7, 11) is 0. The van der Waals surface area contributed by atoms with Crippen LogP contribution in [0.5, 0.6) is 0 Å². The monoisotopic (exact) mass is 420 g/mol. The minimum absolute atomic E-state index is 0.0959. The molecule has 2 amide bonds. The van der Waals surface area contributed by atoms with Gasteiger partial charge in [-0.1, -0.05) is 6.92 Å². The van der Waals surface area contributed by atoms with Crippen molar-refractivity contribution >= 4 is 23.2 Å². The normalized spacial score (nSPS) is 11.3. The van der Waals surface area contributed by atoms with Crippen molar-refractivity contribution < 1.29 is 22.8 Å². The van der Waals surface area contributed by atoms with Crippen LogP contribution in [-0.4, -0.2) is 31.4 Å². The van der Waals surface area contributed by atoms with Gasteiger partial charge in [-0.25, -0.2) is 4.68 Å². The van der Waals surface area contributed by atoms with E-state index in [-0.39, 0.29) is 24.0 Å². The quantitative estimate of drug-likeness (QED) is 0.611. The van der Waals surface area contributed by atoms with Gasteiger partial charge in [-0.3, -0.25) is 14.3 Å². The Bertz CT molecular complexity index is 1020. The Morgan fingerprint density at radius 1 is 1.03 bits per heavy atom. The maximum Gasteiger partial charge on any atom is 0.416 e. The van der Waals surface area contributed by atoms with Gasteiger partial charge in [0.1, 0.15) is 6.67 Å². The number of nitrogens with one attached hydrogen (secondary N) is 2. The lowest BCUT2D eigenvalue weighted by molar-refractivity contribution is -0.137. The highest BCUT2D eigenvalue weighted by Gasteiger charge is 2.30. The lowest BCUT2D eigenvalue weighted by Crippen LogP contribution is -2.15. The number of hydrogen-bond acceptors (Lipinski definition) is 4. The topological polar surface area (TPSA) is 93.8 Å². The maximum atomic E-state index is 12.6. The van der Waals surface area contributed by atoms with Crippen molar-refractivity contribution in [3.05, 3.63) is 60.2 Å². The number of carbonyl (C=O) groups is 2. The van der Waals surface area contributed by atoms with E-state index < -0.39 is 17.6 Å². The number of aromatic nitrogens is 4. The average Bonchev–Trinajstić information content (AvgIpc) is 3.31. The number of alkyl halides is 3. The zero-order valence-corrected chi connectivity index (χ0v) is 16.0. The highest BCUT2D eigenvalue weighted by atomic mass is 19.4. The Kier molecular flexibility index (Phi) is 6.19. The van der Waals surface area contributed by atoms with Crippen molar-refractivity contribution in [2.24, 2.45) is 0 Å². The van der Waals surface area contributed by atoms with Crippen molar-refractivity contribution in [1.82, 2.24) is 19.6 Å². The van der Waals surface area contributed by atoms with Crippen molar-refractivity contribution in [3.63, 3.8) is 0 Å². The number of rotatable bonds is 7. The number of halogens is 3. The molecule has 3 rings (SSSR count). The summed E-state index contributed by atoms with van der Waals surface area (Å²) in [5, 5.41) is 13.5. The zero-order chi connectivity index (χ0) is 21.7. The van der Waals surface area contributed by atoms with Gasteiger partial charge in [-0.15, -0.1) is 0 Å². The van der Waals surface area contributed by atoms with E-state index in [1.807, 2.05) is 6.92 Å². The zero-order valence-electron chi connectivity index (χ0n) is 16.0. The first-order chi connectivity index (χ1) is 14.2. The smallest absolute Gasteiger partial charge is 0.323 e. The average molecular weight is 420 g/mol. The van der Waals surface area contributed by atoms with Crippen LogP contribution in [0.15, 0.2) is 48.9 Å². The molecule has 11 heteroatoms. The molecule has 2 N–H and O–H groups in total. The highest BCUT2D eigenvalue weighted by molar-refractivity contribution is 6.02. The Morgan fingerprint density at radius 2 is 1.77 bits per heavy atom. The van der Waals surface area contributed by atoms with E-state index in [1.54, 1.807) is 12.4 Å². The van der Waals surface area contributed by atoms with Gasteiger partial charge in [-0.2, -0.15) is 23.4 Å². The van der Waals surface area contributed by atoms with Gasteiger partial charge in [0.05, 0.1) is 23.6 Å². The summed E-state index contributed by atoms with van der Waals surface area (Å²) in [6.45, 7) is 2.11. The molecule has 0 fully saturated rings. The molecule has 0 radical (unpaired) electrons. The van der Waals surface area contributed by atoms with E-state index in [0.29, 0.717) is 12.1 Å². The van der Waals surface area contributed by atoms with Gasteiger partial charge >= 0.3 is 6.18 Å². The van der Waals surface area contributed by atoms with Crippen molar-refractivity contribution in [2.75, 3.05) is 10.6 Å². The van der Waals surface area contributed by atoms with Crippen LogP contribution in [0.2, 0.25) is 0 Å². The molecule has 0 spiro atoms. The standard InChI is InChI=1S/C19H19F3N6O2/c1-2-3-17(29)24-15-10-23-28(11-15)12-27-9-8-16(26-27)18(30)25-14-6-4-13(5-7-14)19(20,21)22/h4-11H,2-3,12H2,1H3,(H,24,29)(H,25,30). The fourth-order valence-electron chi connectivity index (χ4n) is 2.60. The summed E-state index contributed by atoms with van der Waals surface area (Å²) >= 11 is 0. The molecular formula is C19H19F3N6O2. The lowest BCUT2D eigenvalue weighted by atomic mass is 10.2. The Morgan fingerprint density at radius 3 is 2.43 bits per heavy atom. The van der Waals surface area contributed by atoms with Gasteiger partial charge in [0.2, 0.25) is 5.91 Å². The number of anilines is 2. The van der Waals surface area contributed by atoms with E-state index in [1.165, 1.54) is 33.8 Å². The number of benzene rings is 1. The number of nitrogens with zero attached hydrogens (tertiary/aromatic N) is 4. The summed E-state index contributed by atoms with van der Waals surface area (Å²) < 4.78 is 40.8. The predicted molar refractivity (Wildman–Crippen MR) is 103 cm³/mol. The molecular weight excluding hydrogens is 401 g/mol. The van der Waals surface area contributed by atoms with Crippen LogP contribution < -0.4 is 10.6 Å². The second-order valence-electron chi connectivity index (χ2n) is 6.48. The molecule has 1 aromatic carbocycles. The summed E-state index contributed by atoms with van der Waals surface area (Å²) in [6, 6.07) is 5.62. The number of amides is 2. The molecule has 30 heavy (non-hydrogen) atoms. The molecule has 158 valence electrons. The molecule has 0 aliphatic rings. The minimum atomic E-state index is -4.44. The molecule has 0 aliphatic heterocycles. The molecule has 0 saturated carbocycles. The van der Waals surface area contributed by atoms with Crippen LogP contribution in [0, 0.1) is 0 Å². The van der Waals surface area contributed by atoms with E-state index in [4.69, 9.17) is 0 Å². The molecule has 0 atom stereocenters. The molecule has 0 aliphatic carbocycles. The van der Waals surface area contributed by atoms with Gasteiger partial charge in [0.25, 0.3) is 5.91 Å². The molecule has 3 aromatic rings. The third kappa shape index (κ3) is 5.46. The van der Waals surface area contributed by atoms with Crippen LogP contribution >= 0.6 is 0 Å². The van der Waals surface area contributed by atoms with Crippen molar-refractivity contribution in [3.8, 4) is 0 Å². The van der Waals surface area contributed by atoms with Crippen LogP contribution in [0.3, 0.4) is 0 Å². The summed E-state index contributed by atoms with van der Waals surface area (Å²) in [5.74, 6) is -0.653. The maximum absolute atomic E-state index is 12.6. The molecule has 0 bridgehead atoms. The molecule has 8 nitrogen and oxygen atoms in total. The predicted octanol–water partition coefficient (Wildman–Crippen LogP) is 3.60. The minimum Gasteiger partial charge on any atom is -0.323 e. The largest absolute Gasteiger partial charge is 0.416 e. The summed E-state index contributed by atoms with van der Waals surface area (Å²) in [4.78, 5) is 23.9. The number of hydrogen-bond donors (Lipinski definition) is 2. The fourth-order valence-corrected chi connectivity index (χ4v) is 2.60. The third-order valence-corrected chi connectivity index (χ3v) is 4.03. The first-order valence-electron chi connectivity index (χ1n) is 9.09. The summed E-state index contributed by atoms with van der Waals surface area (Å²) in [5.41, 5.74) is 0.0794. The highest BCUT2D eigenvalue weighted by Crippen LogP contribution is 2.29.